The zero-order chi connectivity index (χ0) is 27.1. The monoisotopic (exact) mass is 539 g/mol. The van der Waals surface area contributed by atoms with Crippen molar-refractivity contribution in [3.05, 3.63) is 59.7 Å². The number of nitrogens with one attached hydrogen (secondary N) is 3. The molecule has 0 saturated heterocycles. The Labute approximate surface area is 210 Å². The van der Waals surface area contributed by atoms with Crippen molar-refractivity contribution in [2.24, 2.45) is 5.73 Å². The van der Waals surface area contributed by atoms with Gasteiger partial charge < -0.3 is 5.73 Å². The van der Waals surface area contributed by atoms with E-state index < -0.39 is 50.4 Å². The molecule has 1 atom stereocenters. The van der Waals surface area contributed by atoms with Crippen molar-refractivity contribution in [3.63, 3.8) is 0 Å². The van der Waals surface area contributed by atoms with Gasteiger partial charge in [0.25, 0.3) is 11.8 Å². The lowest BCUT2D eigenvalue weighted by molar-refractivity contribution is -0.130. The number of nitrogens with two attached hydrogens (primary N) is 1. The molecule has 0 aliphatic heterocycles. The largest absolute Gasteiger partial charge is 0.370 e. The van der Waals surface area contributed by atoms with E-state index >= 15 is 0 Å². The van der Waals surface area contributed by atoms with E-state index in [4.69, 9.17) is 5.73 Å². The number of nitrogens with zero attached hydrogens (tertiary/aromatic N) is 1. The summed E-state index contributed by atoms with van der Waals surface area (Å²) in [5, 5.41) is 0. The maximum atomic E-state index is 12.7. The van der Waals surface area contributed by atoms with E-state index in [1.807, 2.05) is 0 Å². The standard InChI is InChI=1S/C22H29N5O7S2/c1-15-4-8-17(9-5-15)35(31,32)26-19(12-13-20(23)28)22(30)25-24-21(29)14-27(3)36(33,34)18-10-6-16(2)7-11-18/h4-11,19,26H,12-14H2,1-3H3,(H2,23,28)(H,24,29)(H,25,30)/t19-/m0/s1. The van der Waals surface area contributed by atoms with E-state index in [0.29, 0.717) is 0 Å². The molecule has 0 fully saturated rings. The molecule has 0 unspecified atom stereocenters. The number of hydrogen-bond acceptors (Lipinski definition) is 7. The zero-order valence-electron chi connectivity index (χ0n) is 20.0. The van der Waals surface area contributed by atoms with Gasteiger partial charge in [0.2, 0.25) is 26.0 Å². The number of carbonyl (C=O) groups excluding carboxylic acids is 3. The van der Waals surface area contributed by atoms with Crippen LogP contribution in [0.1, 0.15) is 24.0 Å². The van der Waals surface area contributed by atoms with Crippen molar-refractivity contribution < 1.29 is 31.2 Å². The highest BCUT2D eigenvalue weighted by Crippen LogP contribution is 2.15. The third-order valence-corrected chi connectivity index (χ3v) is 8.35. The second kappa shape index (κ2) is 12.1. The van der Waals surface area contributed by atoms with Crippen LogP contribution in [0.5, 0.6) is 0 Å². The molecule has 0 spiro atoms. The van der Waals surface area contributed by atoms with Gasteiger partial charge in [-0.15, -0.1) is 0 Å². The van der Waals surface area contributed by atoms with E-state index in [1.165, 1.54) is 31.3 Å². The fourth-order valence-electron chi connectivity index (χ4n) is 2.94. The molecule has 36 heavy (non-hydrogen) atoms. The van der Waals surface area contributed by atoms with Crippen molar-refractivity contribution in [1.82, 2.24) is 19.9 Å². The van der Waals surface area contributed by atoms with Crippen LogP contribution in [-0.2, 0) is 34.4 Å². The van der Waals surface area contributed by atoms with E-state index in [2.05, 4.69) is 15.6 Å². The molecule has 196 valence electrons. The number of benzene rings is 2. The molecular weight excluding hydrogens is 510 g/mol. The van der Waals surface area contributed by atoms with Crippen LogP contribution >= 0.6 is 0 Å². The fourth-order valence-corrected chi connectivity index (χ4v) is 5.30. The normalized spacial score (nSPS) is 12.7. The van der Waals surface area contributed by atoms with Crippen LogP contribution in [0, 0.1) is 13.8 Å². The summed E-state index contributed by atoms with van der Waals surface area (Å²) in [5.74, 6) is -2.60. The predicted octanol–water partition coefficient (Wildman–Crippen LogP) is -0.316. The summed E-state index contributed by atoms with van der Waals surface area (Å²) in [4.78, 5) is 36.0. The highest BCUT2D eigenvalue weighted by molar-refractivity contribution is 7.89. The van der Waals surface area contributed by atoms with Crippen LogP contribution < -0.4 is 21.3 Å². The van der Waals surface area contributed by atoms with Gasteiger partial charge in [-0.3, -0.25) is 25.2 Å². The SMILES string of the molecule is Cc1ccc(S(=O)(=O)N[C@@H](CCC(N)=O)C(=O)NNC(=O)CN(C)S(=O)(=O)c2ccc(C)cc2)cc1. The first kappa shape index (κ1) is 28.9. The van der Waals surface area contributed by atoms with Gasteiger partial charge in [0, 0.05) is 13.5 Å². The smallest absolute Gasteiger partial charge is 0.256 e. The summed E-state index contributed by atoms with van der Waals surface area (Å²) >= 11 is 0. The third kappa shape index (κ3) is 8.12. The lowest BCUT2D eigenvalue weighted by Crippen LogP contribution is -2.54. The van der Waals surface area contributed by atoms with E-state index in [1.54, 1.807) is 38.1 Å². The van der Waals surface area contributed by atoms with Crippen molar-refractivity contribution in [2.45, 2.75) is 42.5 Å². The van der Waals surface area contributed by atoms with Gasteiger partial charge in [-0.2, -0.15) is 9.03 Å². The van der Waals surface area contributed by atoms with Gasteiger partial charge in [0.15, 0.2) is 0 Å². The minimum absolute atomic E-state index is 0.00976. The highest BCUT2D eigenvalue weighted by Gasteiger charge is 2.27. The van der Waals surface area contributed by atoms with E-state index in [-0.39, 0.29) is 22.6 Å². The third-order valence-electron chi connectivity index (χ3n) is 5.05. The van der Waals surface area contributed by atoms with Gasteiger partial charge in [-0.05, 0) is 44.5 Å². The van der Waals surface area contributed by atoms with Crippen LogP contribution in [-0.4, -0.2) is 58.5 Å². The highest BCUT2D eigenvalue weighted by atomic mass is 32.2. The van der Waals surface area contributed by atoms with Gasteiger partial charge in [0.05, 0.1) is 16.3 Å². The number of aryl methyl sites for hydroxylation is 2. The molecule has 0 radical (unpaired) electrons. The summed E-state index contributed by atoms with van der Waals surface area (Å²) in [5.41, 5.74) is 10.9. The quantitative estimate of drug-likeness (QED) is 0.282. The van der Waals surface area contributed by atoms with Gasteiger partial charge >= 0.3 is 0 Å². The van der Waals surface area contributed by atoms with Crippen molar-refractivity contribution in [1.29, 1.82) is 0 Å². The molecule has 0 heterocycles. The Hall–Kier alpha value is -3.33. The fraction of sp³-hybridized carbons (Fsp3) is 0.318. The maximum Gasteiger partial charge on any atom is 0.256 e. The summed E-state index contributed by atoms with van der Waals surface area (Å²) in [6.45, 7) is 2.95. The molecule has 2 aromatic rings. The Morgan fingerprint density at radius 2 is 1.36 bits per heavy atom. The molecule has 2 aromatic carbocycles. The number of sulfonamides is 2. The Kier molecular flexibility index (Phi) is 9.69. The molecule has 5 N–H and O–H groups in total. The lowest BCUT2D eigenvalue weighted by atomic mass is 10.1. The van der Waals surface area contributed by atoms with Gasteiger partial charge in [0.1, 0.15) is 6.04 Å². The molecule has 0 aliphatic carbocycles. The summed E-state index contributed by atoms with van der Waals surface area (Å²) in [6, 6.07) is 10.5. The Morgan fingerprint density at radius 1 is 0.861 bits per heavy atom. The second-order valence-electron chi connectivity index (χ2n) is 8.10. The summed E-state index contributed by atoms with van der Waals surface area (Å²) < 4.78 is 53.6. The number of rotatable bonds is 11. The molecule has 2 rings (SSSR count). The molecule has 12 nitrogen and oxygen atoms in total. The first-order chi connectivity index (χ1) is 16.7. The topological polar surface area (TPSA) is 185 Å². The number of amides is 3. The van der Waals surface area contributed by atoms with Crippen LogP contribution in [0.4, 0.5) is 0 Å². The zero-order valence-corrected chi connectivity index (χ0v) is 21.6. The van der Waals surface area contributed by atoms with Crippen LogP contribution in [0.2, 0.25) is 0 Å². The molecule has 0 aliphatic rings. The van der Waals surface area contributed by atoms with Crippen LogP contribution in [0.15, 0.2) is 58.3 Å². The van der Waals surface area contributed by atoms with E-state index in [9.17, 15) is 31.2 Å². The molecule has 0 saturated carbocycles. The Balaban J connectivity index is 2.04. The molecular formula is C22H29N5O7S2. The molecule has 0 aromatic heterocycles. The average molecular weight is 540 g/mol. The van der Waals surface area contributed by atoms with Gasteiger partial charge in [-0.25, -0.2) is 16.8 Å². The van der Waals surface area contributed by atoms with Crippen LogP contribution in [0.3, 0.4) is 0 Å². The summed E-state index contributed by atoms with van der Waals surface area (Å²) in [6.07, 6.45) is -0.580. The molecule has 14 heteroatoms. The van der Waals surface area contributed by atoms with Gasteiger partial charge in [-0.1, -0.05) is 35.4 Å². The minimum Gasteiger partial charge on any atom is -0.370 e. The van der Waals surface area contributed by atoms with Crippen molar-refractivity contribution in [2.75, 3.05) is 13.6 Å². The lowest BCUT2D eigenvalue weighted by Gasteiger charge is -2.20. The second-order valence-corrected chi connectivity index (χ2v) is 11.9. The minimum atomic E-state index is -4.14. The first-order valence-electron chi connectivity index (χ1n) is 10.7. The average Bonchev–Trinajstić information content (AvgIpc) is 2.80. The van der Waals surface area contributed by atoms with E-state index in [0.717, 1.165) is 15.4 Å². The number of primary amides is 1. The number of carbonyl (C=O) groups is 3. The van der Waals surface area contributed by atoms with Crippen molar-refractivity contribution >= 4 is 37.8 Å². The predicted molar refractivity (Wildman–Crippen MR) is 131 cm³/mol. The van der Waals surface area contributed by atoms with Crippen molar-refractivity contribution in [3.8, 4) is 0 Å². The van der Waals surface area contributed by atoms with Crippen LogP contribution in [0.25, 0.3) is 0 Å². The Morgan fingerprint density at radius 3 is 1.86 bits per heavy atom. The summed E-state index contributed by atoms with van der Waals surface area (Å²) in [7, 11) is -6.91. The first-order valence-corrected chi connectivity index (χ1v) is 13.6. The number of likely N-dealkylation sites (N-methyl/N-ethyl adjacent to an activating group) is 1. The molecule has 3 amide bonds. The number of hydrazine groups is 1. The maximum absolute atomic E-state index is 12.7. The Bertz CT molecular complexity index is 1310. The molecule has 0 bridgehead atoms. The number of hydrogen-bond donors (Lipinski definition) is 4.